The monoisotopic (exact) mass is 408 g/mol. The van der Waals surface area contributed by atoms with Crippen molar-refractivity contribution in [1.82, 2.24) is 0 Å². The summed E-state index contributed by atoms with van der Waals surface area (Å²) in [5, 5.41) is 0. The van der Waals surface area contributed by atoms with Crippen molar-refractivity contribution in [2.24, 2.45) is 0 Å². The SMILES string of the molecule is CC(C)(C)OC(=O)Cc1ccc(OC(=O)c2ccc3c(c2)C(C)(C)CCC3=O)cc1. The molecule has 5 nitrogen and oxygen atoms in total. The molecule has 0 amide bonds. The predicted octanol–water partition coefficient (Wildman–Crippen LogP) is 5.04. The molecule has 30 heavy (non-hydrogen) atoms. The Morgan fingerprint density at radius 2 is 1.70 bits per heavy atom. The number of Topliss-reactive ketones (excluding diaryl/α,β-unsaturated/α-hetero) is 1. The van der Waals surface area contributed by atoms with E-state index in [2.05, 4.69) is 13.8 Å². The van der Waals surface area contributed by atoms with Gasteiger partial charge in [0.25, 0.3) is 0 Å². The Labute approximate surface area is 177 Å². The molecule has 0 aromatic heterocycles. The second-order valence-electron chi connectivity index (χ2n) is 9.36. The first-order chi connectivity index (χ1) is 13.9. The van der Waals surface area contributed by atoms with Gasteiger partial charge in [0, 0.05) is 12.0 Å². The summed E-state index contributed by atoms with van der Waals surface area (Å²) in [6, 6.07) is 11.9. The molecule has 1 aliphatic carbocycles. The first-order valence-corrected chi connectivity index (χ1v) is 10.2. The van der Waals surface area contributed by atoms with Crippen LogP contribution in [0.1, 0.15) is 79.3 Å². The smallest absolute Gasteiger partial charge is 0.343 e. The van der Waals surface area contributed by atoms with Gasteiger partial charge in [0.2, 0.25) is 0 Å². The highest BCUT2D eigenvalue weighted by Crippen LogP contribution is 2.37. The Kier molecular flexibility index (Phi) is 5.84. The second kappa shape index (κ2) is 8.05. The van der Waals surface area contributed by atoms with Gasteiger partial charge in [-0.15, -0.1) is 0 Å². The summed E-state index contributed by atoms with van der Waals surface area (Å²) in [4.78, 5) is 36.7. The van der Waals surface area contributed by atoms with Crippen molar-refractivity contribution in [3.8, 4) is 5.75 Å². The average Bonchev–Trinajstić information content (AvgIpc) is 2.65. The number of hydrogen-bond donors (Lipinski definition) is 0. The fourth-order valence-corrected chi connectivity index (χ4v) is 3.56. The quantitative estimate of drug-likeness (QED) is 0.523. The summed E-state index contributed by atoms with van der Waals surface area (Å²) in [5.74, 6) is -0.282. The lowest BCUT2D eigenvalue weighted by molar-refractivity contribution is -0.153. The van der Waals surface area contributed by atoms with Crippen LogP contribution in [0, 0.1) is 0 Å². The van der Waals surface area contributed by atoms with Crippen molar-refractivity contribution >= 4 is 17.7 Å². The maximum Gasteiger partial charge on any atom is 0.343 e. The van der Waals surface area contributed by atoms with E-state index in [9.17, 15) is 14.4 Å². The summed E-state index contributed by atoms with van der Waals surface area (Å²) in [6.07, 6.45) is 1.44. The molecule has 3 rings (SSSR count). The van der Waals surface area contributed by atoms with Gasteiger partial charge in [0.1, 0.15) is 11.4 Å². The van der Waals surface area contributed by atoms with Gasteiger partial charge in [0.05, 0.1) is 12.0 Å². The first-order valence-electron chi connectivity index (χ1n) is 10.2. The van der Waals surface area contributed by atoms with E-state index in [1.54, 1.807) is 42.5 Å². The van der Waals surface area contributed by atoms with Gasteiger partial charge in [-0.05, 0) is 68.0 Å². The lowest BCUT2D eigenvalue weighted by Crippen LogP contribution is -2.28. The van der Waals surface area contributed by atoms with Crippen LogP contribution in [0.5, 0.6) is 5.75 Å². The van der Waals surface area contributed by atoms with Crippen LogP contribution in [0.2, 0.25) is 0 Å². The van der Waals surface area contributed by atoms with E-state index in [1.165, 1.54) is 0 Å². The zero-order chi connectivity index (χ0) is 22.1. The van der Waals surface area contributed by atoms with Gasteiger partial charge in [0.15, 0.2) is 5.78 Å². The highest BCUT2D eigenvalue weighted by molar-refractivity contribution is 6.01. The minimum Gasteiger partial charge on any atom is -0.460 e. The Bertz CT molecular complexity index is 978. The fraction of sp³-hybridized carbons (Fsp3) is 0.400. The van der Waals surface area contributed by atoms with Gasteiger partial charge in [-0.25, -0.2) is 4.79 Å². The third-order valence-electron chi connectivity index (χ3n) is 5.16. The molecule has 0 atom stereocenters. The molecule has 0 saturated carbocycles. The molecule has 0 aliphatic heterocycles. The molecule has 0 fully saturated rings. The third kappa shape index (κ3) is 5.15. The van der Waals surface area contributed by atoms with Crippen molar-refractivity contribution in [2.75, 3.05) is 0 Å². The van der Waals surface area contributed by atoms with E-state index < -0.39 is 11.6 Å². The molecule has 0 unspecified atom stereocenters. The topological polar surface area (TPSA) is 69.7 Å². The van der Waals surface area contributed by atoms with Crippen LogP contribution in [-0.4, -0.2) is 23.3 Å². The van der Waals surface area contributed by atoms with E-state index in [0.717, 1.165) is 17.5 Å². The highest BCUT2D eigenvalue weighted by Gasteiger charge is 2.32. The van der Waals surface area contributed by atoms with Crippen LogP contribution < -0.4 is 4.74 Å². The molecule has 0 heterocycles. The van der Waals surface area contributed by atoms with E-state index >= 15 is 0 Å². The summed E-state index contributed by atoms with van der Waals surface area (Å²) < 4.78 is 10.8. The van der Waals surface area contributed by atoms with Crippen molar-refractivity contribution in [1.29, 1.82) is 0 Å². The third-order valence-corrected chi connectivity index (χ3v) is 5.16. The second-order valence-corrected chi connectivity index (χ2v) is 9.36. The molecule has 2 aromatic carbocycles. The van der Waals surface area contributed by atoms with E-state index in [0.29, 0.717) is 23.3 Å². The normalized spacial score (nSPS) is 15.3. The molecular formula is C25H28O5. The molecule has 1 aliphatic rings. The van der Waals surface area contributed by atoms with Gasteiger partial charge >= 0.3 is 11.9 Å². The molecule has 0 radical (unpaired) electrons. The molecule has 2 aromatic rings. The fourth-order valence-electron chi connectivity index (χ4n) is 3.56. The Balaban J connectivity index is 1.69. The van der Waals surface area contributed by atoms with Crippen LogP contribution in [0.25, 0.3) is 0 Å². The first kappa shape index (κ1) is 21.8. The number of carbonyl (C=O) groups is 3. The molecule has 0 saturated heterocycles. The molecule has 5 heteroatoms. The minimum atomic E-state index is -0.527. The lowest BCUT2D eigenvalue weighted by atomic mass is 9.72. The molecule has 0 N–H and O–H groups in total. The number of rotatable bonds is 4. The number of fused-ring (bicyclic) bond motifs is 1. The Hall–Kier alpha value is -2.95. The lowest BCUT2D eigenvalue weighted by Gasteiger charge is -2.31. The number of carbonyl (C=O) groups excluding carboxylic acids is 3. The zero-order valence-corrected chi connectivity index (χ0v) is 18.2. The number of ether oxygens (including phenoxy) is 2. The zero-order valence-electron chi connectivity index (χ0n) is 18.2. The number of esters is 2. The van der Waals surface area contributed by atoms with Crippen molar-refractivity contribution < 1.29 is 23.9 Å². The Morgan fingerprint density at radius 3 is 2.33 bits per heavy atom. The van der Waals surface area contributed by atoms with E-state index in [1.807, 2.05) is 20.8 Å². The van der Waals surface area contributed by atoms with Gasteiger partial charge in [-0.1, -0.05) is 32.0 Å². The van der Waals surface area contributed by atoms with Crippen molar-refractivity contribution in [3.05, 3.63) is 64.7 Å². The van der Waals surface area contributed by atoms with Crippen LogP contribution in [-0.2, 0) is 21.4 Å². The standard InChI is InChI=1S/C25H28O5/c1-24(2,3)30-22(27)14-16-6-9-18(10-7-16)29-23(28)17-8-11-19-20(15-17)25(4,5)13-12-21(19)26/h6-11,15H,12-14H2,1-5H3. The maximum absolute atomic E-state index is 12.6. The van der Waals surface area contributed by atoms with Gasteiger partial charge in [-0.3, -0.25) is 9.59 Å². The van der Waals surface area contributed by atoms with Crippen LogP contribution in [0.15, 0.2) is 42.5 Å². The largest absolute Gasteiger partial charge is 0.460 e. The van der Waals surface area contributed by atoms with Crippen LogP contribution in [0.3, 0.4) is 0 Å². The molecular weight excluding hydrogens is 380 g/mol. The molecule has 0 spiro atoms. The van der Waals surface area contributed by atoms with Crippen molar-refractivity contribution in [2.45, 2.75) is 64.9 Å². The minimum absolute atomic E-state index is 0.116. The summed E-state index contributed by atoms with van der Waals surface area (Å²) >= 11 is 0. The van der Waals surface area contributed by atoms with Crippen molar-refractivity contribution in [3.63, 3.8) is 0 Å². The predicted molar refractivity (Wildman–Crippen MR) is 114 cm³/mol. The van der Waals surface area contributed by atoms with Gasteiger partial charge < -0.3 is 9.47 Å². The molecule has 0 bridgehead atoms. The summed E-state index contributed by atoms with van der Waals surface area (Å²) in [7, 11) is 0. The van der Waals surface area contributed by atoms with E-state index in [4.69, 9.17) is 9.47 Å². The summed E-state index contributed by atoms with van der Waals surface area (Å²) in [6.45, 7) is 9.63. The van der Waals surface area contributed by atoms with Crippen LogP contribution >= 0.6 is 0 Å². The highest BCUT2D eigenvalue weighted by atomic mass is 16.6. The maximum atomic E-state index is 12.6. The summed E-state index contributed by atoms with van der Waals surface area (Å²) in [5.41, 5.74) is 2.08. The number of benzene rings is 2. The Morgan fingerprint density at radius 1 is 1.03 bits per heavy atom. The number of ketones is 1. The number of hydrogen-bond acceptors (Lipinski definition) is 5. The molecule has 158 valence electrons. The van der Waals surface area contributed by atoms with Gasteiger partial charge in [-0.2, -0.15) is 0 Å². The van der Waals surface area contributed by atoms with Crippen LogP contribution in [0.4, 0.5) is 0 Å². The van der Waals surface area contributed by atoms with E-state index in [-0.39, 0.29) is 23.6 Å². The average molecular weight is 408 g/mol.